The monoisotopic (exact) mass is 438 g/mol. The van der Waals surface area contributed by atoms with Crippen LogP contribution in [0.5, 0.6) is 11.5 Å². The van der Waals surface area contributed by atoms with Crippen LogP contribution in [0.25, 0.3) is 0 Å². The molecule has 1 atom stereocenters. The summed E-state index contributed by atoms with van der Waals surface area (Å²) < 4.78 is 11.2. The molecule has 2 aromatic rings. The van der Waals surface area contributed by atoms with Crippen LogP contribution >= 0.6 is 0 Å². The molecule has 0 spiro atoms. The van der Waals surface area contributed by atoms with Gasteiger partial charge in [0.15, 0.2) is 11.5 Å². The highest BCUT2D eigenvalue weighted by Crippen LogP contribution is 2.30. The molecule has 0 aromatic heterocycles. The van der Waals surface area contributed by atoms with Crippen LogP contribution in [-0.2, 0) is 16.1 Å². The molecule has 32 heavy (non-hydrogen) atoms. The first kappa shape index (κ1) is 23.3. The molecule has 1 aliphatic rings. The van der Waals surface area contributed by atoms with E-state index in [1.807, 2.05) is 25.1 Å². The normalized spacial score (nSPS) is 14.6. The van der Waals surface area contributed by atoms with E-state index in [0.717, 1.165) is 11.1 Å². The first-order valence-electron chi connectivity index (χ1n) is 10.8. The molecule has 3 rings (SSSR count). The number of hydrogen-bond acceptors (Lipinski definition) is 5. The maximum absolute atomic E-state index is 12.7. The van der Waals surface area contributed by atoms with Gasteiger partial charge in [0.25, 0.3) is 5.91 Å². The minimum absolute atomic E-state index is 0.151. The Bertz CT molecular complexity index is 968. The predicted octanol–water partition coefficient (Wildman–Crippen LogP) is 3.87. The van der Waals surface area contributed by atoms with Crippen LogP contribution in [0.15, 0.2) is 42.5 Å². The second kappa shape index (κ2) is 10.3. The number of rotatable bonds is 9. The van der Waals surface area contributed by atoms with E-state index in [2.05, 4.69) is 19.2 Å². The van der Waals surface area contributed by atoms with Gasteiger partial charge in [0, 0.05) is 18.4 Å². The number of hydrogen-bond donors (Lipinski definition) is 1. The Morgan fingerprint density at radius 2 is 1.66 bits per heavy atom. The molecule has 1 N–H and O–H groups in total. The number of likely N-dealkylation sites (tertiary alicyclic amines) is 1. The fraction of sp³-hybridized carbons (Fsp3) is 0.400. The minimum atomic E-state index is -0.241. The summed E-state index contributed by atoms with van der Waals surface area (Å²) in [5.41, 5.74) is 2.21. The molecule has 0 radical (unpaired) electrons. The zero-order valence-electron chi connectivity index (χ0n) is 19.0. The Labute approximate surface area is 188 Å². The molecular formula is C25H30N2O5. The van der Waals surface area contributed by atoms with Crippen molar-refractivity contribution >= 4 is 17.7 Å². The first-order valence-corrected chi connectivity index (χ1v) is 10.8. The van der Waals surface area contributed by atoms with Crippen LogP contribution in [0.3, 0.4) is 0 Å². The van der Waals surface area contributed by atoms with Crippen LogP contribution < -0.4 is 14.8 Å². The zero-order chi connectivity index (χ0) is 23.3. The maximum atomic E-state index is 12.7. The van der Waals surface area contributed by atoms with E-state index >= 15 is 0 Å². The molecule has 7 nitrogen and oxygen atoms in total. The molecule has 0 saturated carbocycles. The molecular weight excluding hydrogens is 408 g/mol. The summed E-state index contributed by atoms with van der Waals surface area (Å²) in [6, 6.07) is 12.3. The summed E-state index contributed by atoms with van der Waals surface area (Å²) >= 11 is 0. The highest BCUT2D eigenvalue weighted by atomic mass is 16.5. The van der Waals surface area contributed by atoms with Crippen molar-refractivity contribution in [3.05, 3.63) is 59.2 Å². The molecule has 0 aliphatic carbocycles. The number of amides is 3. The zero-order valence-corrected chi connectivity index (χ0v) is 19.0. The van der Waals surface area contributed by atoms with Crippen molar-refractivity contribution in [3.63, 3.8) is 0 Å². The third-order valence-electron chi connectivity index (χ3n) is 5.32. The fourth-order valence-electron chi connectivity index (χ4n) is 3.44. The van der Waals surface area contributed by atoms with Crippen molar-refractivity contribution < 1.29 is 23.9 Å². The number of benzene rings is 2. The van der Waals surface area contributed by atoms with E-state index in [-0.39, 0.29) is 43.1 Å². The Kier molecular flexibility index (Phi) is 7.51. The average Bonchev–Trinajstić information content (AvgIpc) is 3.09. The van der Waals surface area contributed by atoms with Crippen molar-refractivity contribution in [2.75, 3.05) is 13.7 Å². The second-order valence-electron chi connectivity index (χ2n) is 8.38. The summed E-state index contributed by atoms with van der Waals surface area (Å²) in [7, 11) is 1.59. The van der Waals surface area contributed by atoms with Gasteiger partial charge in [0.05, 0.1) is 26.3 Å². The SMILES string of the molecule is COc1cc(C(C)NC(=O)c2ccc(CN3C(=O)CCC3=O)cc2)ccc1OCC(C)C. The van der Waals surface area contributed by atoms with Gasteiger partial charge in [-0.05, 0) is 48.2 Å². The van der Waals surface area contributed by atoms with Crippen LogP contribution in [0.4, 0.5) is 0 Å². The Hall–Kier alpha value is -3.35. The molecule has 3 amide bonds. The quantitative estimate of drug-likeness (QED) is 0.601. The van der Waals surface area contributed by atoms with Gasteiger partial charge in [-0.1, -0.05) is 32.0 Å². The molecule has 1 heterocycles. The van der Waals surface area contributed by atoms with Crippen LogP contribution in [0, 0.1) is 5.92 Å². The molecule has 7 heteroatoms. The standard InChI is InChI=1S/C25H30N2O5/c1-16(2)15-32-21-10-9-20(13-22(21)31-4)17(3)26-25(30)19-7-5-18(6-8-19)14-27-23(28)11-12-24(27)29/h5-10,13,16-17H,11-12,14-15H2,1-4H3,(H,26,30). The number of carbonyl (C=O) groups excluding carboxylic acids is 3. The molecule has 1 unspecified atom stereocenters. The molecule has 1 fully saturated rings. The molecule has 170 valence electrons. The van der Waals surface area contributed by atoms with Gasteiger partial charge >= 0.3 is 0 Å². The van der Waals surface area contributed by atoms with Gasteiger partial charge in [-0.15, -0.1) is 0 Å². The van der Waals surface area contributed by atoms with Crippen LogP contribution in [0.1, 0.15) is 61.1 Å². The lowest BCUT2D eigenvalue weighted by Gasteiger charge is -2.18. The predicted molar refractivity (Wildman–Crippen MR) is 120 cm³/mol. The summed E-state index contributed by atoms with van der Waals surface area (Å²) in [6.45, 7) is 6.90. The lowest BCUT2D eigenvalue weighted by atomic mass is 10.1. The fourth-order valence-corrected chi connectivity index (χ4v) is 3.44. The summed E-state index contributed by atoms with van der Waals surface area (Å²) in [5, 5.41) is 2.99. The van der Waals surface area contributed by atoms with Crippen molar-refractivity contribution in [3.8, 4) is 11.5 Å². The number of ether oxygens (including phenoxy) is 2. The van der Waals surface area contributed by atoms with E-state index in [4.69, 9.17) is 9.47 Å². The minimum Gasteiger partial charge on any atom is -0.493 e. The largest absolute Gasteiger partial charge is 0.493 e. The van der Waals surface area contributed by atoms with Gasteiger partial charge in [-0.25, -0.2) is 0 Å². The van der Waals surface area contributed by atoms with Gasteiger partial charge in [-0.3, -0.25) is 19.3 Å². The van der Waals surface area contributed by atoms with E-state index in [9.17, 15) is 14.4 Å². The van der Waals surface area contributed by atoms with E-state index in [0.29, 0.717) is 29.6 Å². The van der Waals surface area contributed by atoms with E-state index in [1.54, 1.807) is 31.4 Å². The van der Waals surface area contributed by atoms with Crippen molar-refractivity contribution in [1.29, 1.82) is 0 Å². The topological polar surface area (TPSA) is 84.9 Å². The lowest BCUT2D eigenvalue weighted by molar-refractivity contribution is -0.139. The van der Waals surface area contributed by atoms with Crippen molar-refractivity contribution in [2.45, 2.75) is 46.2 Å². The van der Waals surface area contributed by atoms with Gasteiger partial charge < -0.3 is 14.8 Å². The number of nitrogens with one attached hydrogen (secondary N) is 1. The number of imide groups is 1. The average molecular weight is 439 g/mol. The lowest BCUT2D eigenvalue weighted by Crippen LogP contribution is -2.28. The van der Waals surface area contributed by atoms with Gasteiger partial charge in [0.1, 0.15) is 0 Å². The van der Waals surface area contributed by atoms with Gasteiger partial charge in [0.2, 0.25) is 11.8 Å². The molecule has 0 bridgehead atoms. The Morgan fingerprint density at radius 3 is 2.25 bits per heavy atom. The highest BCUT2D eigenvalue weighted by Gasteiger charge is 2.28. The number of carbonyl (C=O) groups is 3. The third kappa shape index (κ3) is 5.66. The van der Waals surface area contributed by atoms with Crippen molar-refractivity contribution in [2.24, 2.45) is 5.92 Å². The highest BCUT2D eigenvalue weighted by molar-refractivity contribution is 6.01. The van der Waals surface area contributed by atoms with E-state index in [1.165, 1.54) is 4.90 Å². The second-order valence-corrected chi connectivity index (χ2v) is 8.38. The van der Waals surface area contributed by atoms with Crippen LogP contribution in [0.2, 0.25) is 0 Å². The first-order chi connectivity index (χ1) is 15.3. The van der Waals surface area contributed by atoms with Crippen molar-refractivity contribution in [1.82, 2.24) is 10.2 Å². The Balaban J connectivity index is 1.62. The third-order valence-corrected chi connectivity index (χ3v) is 5.32. The van der Waals surface area contributed by atoms with E-state index < -0.39 is 0 Å². The van der Waals surface area contributed by atoms with Crippen LogP contribution in [-0.4, -0.2) is 36.3 Å². The Morgan fingerprint density at radius 1 is 1.00 bits per heavy atom. The number of nitrogens with zero attached hydrogens (tertiary/aromatic N) is 1. The summed E-state index contributed by atoms with van der Waals surface area (Å²) in [5.74, 6) is 1.19. The maximum Gasteiger partial charge on any atom is 0.251 e. The number of methoxy groups -OCH3 is 1. The molecule has 1 aliphatic heterocycles. The molecule has 1 saturated heterocycles. The smallest absolute Gasteiger partial charge is 0.251 e. The van der Waals surface area contributed by atoms with Gasteiger partial charge in [-0.2, -0.15) is 0 Å². The summed E-state index contributed by atoms with van der Waals surface area (Å²) in [4.78, 5) is 37.5. The molecule has 2 aromatic carbocycles. The summed E-state index contributed by atoms with van der Waals surface area (Å²) in [6.07, 6.45) is 0.541.